The standard InChI is InChI=1S/C19H32OS/c1-2-3-4-5-6-7-8-9-10-11-16-21-19-14-12-18(17-20)13-15-19/h12-15,20H,2-11,16-17H2,1H3. The van der Waals surface area contributed by atoms with E-state index in [1.165, 1.54) is 74.9 Å². The molecule has 1 aromatic carbocycles. The van der Waals surface area contributed by atoms with Gasteiger partial charge in [-0.3, -0.25) is 0 Å². The average molecular weight is 309 g/mol. The van der Waals surface area contributed by atoms with Crippen LogP contribution in [-0.4, -0.2) is 10.9 Å². The Morgan fingerprint density at radius 2 is 1.29 bits per heavy atom. The van der Waals surface area contributed by atoms with E-state index in [2.05, 4.69) is 19.1 Å². The number of benzene rings is 1. The van der Waals surface area contributed by atoms with Crippen molar-refractivity contribution in [2.45, 2.75) is 82.6 Å². The van der Waals surface area contributed by atoms with Crippen molar-refractivity contribution in [3.05, 3.63) is 29.8 Å². The van der Waals surface area contributed by atoms with Crippen LogP contribution in [-0.2, 0) is 6.61 Å². The Morgan fingerprint density at radius 1 is 0.762 bits per heavy atom. The summed E-state index contributed by atoms with van der Waals surface area (Å²) in [5.41, 5.74) is 0.998. The molecule has 0 spiro atoms. The highest BCUT2D eigenvalue weighted by molar-refractivity contribution is 7.99. The maximum absolute atomic E-state index is 9.00. The summed E-state index contributed by atoms with van der Waals surface area (Å²) < 4.78 is 0. The third-order valence-corrected chi connectivity index (χ3v) is 4.97. The van der Waals surface area contributed by atoms with E-state index in [9.17, 15) is 0 Å². The Morgan fingerprint density at radius 3 is 1.81 bits per heavy atom. The van der Waals surface area contributed by atoms with Crippen LogP contribution in [0.1, 0.15) is 76.7 Å². The van der Waals surface area contributed by atoms with Crippen LogP contribution in [0.4, 0.5) is 0 Å². The van der Waals surface area contributed by atoms with Gasteiger partial charge in [0.15, 0.2) is 0 Å². The van der Waals surface area contributed by atoms with Crippen molar-refractivity contribution in [1.82, 2.24) is 0 Å². The molecule has 0 saturated carbocycles. The molecular weight excluding hydrogens is 276 g/mol. The first-order valence-electron chi connectivity index (χ1n) is 8.69. The molecule has 21 heavy (non-hydrogen) atoms. The summed E-state index contributed by atoms with van der Waals surface area (Å²) >= 11 is 1.94. The number of aliphatic hydroxyl groups is 1. The van der Waals surface area contributed by atoms with Crippen LogP contribution in [0.2, 0.25) is 0 Å². The highest BCUT2D eigenvalue weighted by Crippen LogP contribution is 2.20. The molecule has 0 radical (unpaired) electrons. The number of thioether (sulfide) groups is 1. The van der Waals surface area contributed by atoms with E-state index >= 15 is 0 Å². The van der Waals surface area contributed by atoms with Crippen LogP contribution in [0.25, 0.3) is 0 Å². The van der Waals surface area contributed by atoms with Gasteiger partial charge in [0.2, 0.25) is 0 Å². The highest BCUT2D eigenvalue weighted by Gasteiger charge is 1.96. The number of hydrogen-bond donors (Lipinski definition) is 1. The van der Waals surface area contributed by atoms with Gasteiger partial charge in [-0.1, -0.05) is 76.8 Å². The normalized spacial score (nSPS) is 11.0. The van der Waals surface area contributed by atoms with Gasteiger partial charge in [0.05, 0.1) is 6.61 Å². The lowest BCUT2D eigenvalue weighted by Gasteiger charge is -2.04. The third kappa shape index (κ3) is 9.97. The van der Waals surface area contributed by atoms with Crippen LogP contribution in [0.5, 0.6) is 0 Å². The molecule has 120 valence electrons. The van der Waals surface area contributed by atoms with E-state index in [0.717, 1.165) is 5.56 Å². The SMILES string of the molecule is CCCCCCCCCCCCSc1ccc(CO)cc1. The summed E-state index contributed by atoms with van der Waals surface area (Å²) in [5.74, 6) is 1.22. The zero-order chi connectivity index (χ0) is 15.2. The Bertz CT molecular complexity index is 334. The van der Waals surface area contributed by atoms with Gasteiger partial charge in [0.1, 0.15) is 0 Å². The predicted molar refractivity (Wildman–Crippen MR) is 94.9 cm³/mol. The van der Waals surface area contributed by atoms with Gasteiger partial charge in [-0.25, -0.2) is 0 Å². The predicted octanol–water partition coefficient (Wildman–Crippen LogP) is 6.19. The maximum Gasteiger partial charge on any atom is 0.0681 e. The van der Waals surface area contributed by atoms with Crippen molar-refractivity contribution in [3.8, 4) is 0 Å². The minimum atomic E-state index is 0.142. The van der Waals surface area contributed by atoms with Crippen LogP contribution >= 0.6 is 11.8 Å². The Balaban J connectivity index is 1.88. The largest absolute Gasteiger partial charge is 0.392 e. The smallest absolute Gasteiger partial charge is 0.0681 e. The van der Waals surface area contributed by atoms with Gasteiger partial charge in [0.25, 0.3) is 0 Å². The van der Waals surface area contributed by atoms with Gasteiger partial charge < -0.3 is 5.11 Å². The van der Waals surface area contributed by atoms with Crippen molar-refractivity contribution in [1.29, 1.82) is 0 Å². The molecule has 0 unspecified atom stereocenters. The number of hydrogen-bond acceptors (Lipinski definition) is 2. The lowest BCUT2D eigenvalue weighted by Crippen LogP contribution is -1.85. The lowest BCUT2D eigenvalue weighted by molar-refractivity contribution is 0.282. The molecule has 0 aliphatic rings. The monoisotopic (exact) mass is 308 g/mol. The Kier molecular flexibility index (Phi) is 11.7. The van der Waals surface area contributed by atoms with E-state index in [1.54, 1.807) is 0 Å². The maximum atomic E-state index is 9.00. The Hall–Kier alpha value is -0.470. The minimum absolute atomic E-state index is 0.142. The van der Waals surface area contributed by atoms with Gasteiger partial charge >= 0.3 is 0 Å². The molecule has 0 atom stereocenters. The molecule has 0 aliphatic heterocycles. The summed E-state index contributed by atoms with van der Waals surface area (Å²) in [5, 5.41) is 9.00. The second-order valence-corrected chi connectivity index (χ2v) is 7.00. The fraction of sp³-hybridized carbons (Fsp3) is 0.684. The van der Waals surface area contributed by atoms with Crippen molar-refractivity contribution < 1.29 is 5.11 Å². The summed E-state index contributed by atoms with van der Waals surface area (Å²) in [6, 6.07) is 8.26. The fourth-order valence-corrected chi connectivity index (χ4v) is 3.38. The van der Waals surface area contributed by atoms with Gasteiger partial charge in [0, 0.05) is 4.90 Å². The van der Waals surface area contributed by atoms with Crippen molar-refractivity contribution in [2.24, 2.45) is 0 Å². The van der Waals surface area contributed by atoms with Crippen molar-refractivity contribution in [2.75, 3.05) is 5.75 Å². The molecule has 0 bridgehead atoms. The topological polar surface area (TPSA) is 20.2 Å². The van der Waals surface area contributed by atoms with Crippen LogP contribution < -0.4 is 0 Å². The first-order chi connectivity index (χ1) is 10.4. The summed E-state index contributed by atoms with van der Waals surface area (Å²) in [4.78, 5) is 1.32. The molecule has 0 saturated heterocycles. The first-order valence-corrected chi connectivity index (χ1v) is 9.68. The molecular formula is C19H32OS. The van der Waals surface area contributed by atoms with Gasteiger partial charge in [-0.15, -0.1) is 11.8 Å². The van der Waals surface area contributed by atoms with Crippen LogP contribution in [0.3, 0.4) is 0 Å². The van der Waals surface area contributed by atoms with Crippen molar-refractivity contribution in [3.63, 3.8) is 0 Å². The Labute approximate surface area is 135 Å². The fourth-order valence-electron chi connectivity index (χ4n) is 2.47. The molecule has 0 aromatic heterocycles. The van der Waals surface area contributed by atoms with Gasteiger partial charge in [-0.05, 0) is 29.9 Å². The van der Waals surface area contributed by atoms with E-state index in [1.807, 2.05) is 23.9 Å². The average Bonchev–Trinajstić information content (AvgIpc) is 2.53. The summed E-state index contributed by atoms with van der Waals surface area (Å²) in [6.07, 6.45) is 14.0. The molecule has 1 aromatic rings. The molecule has 0 fully saturated rings. The van der Waals surface area contributed by atoms with Crippen molar-refractivity contribution >= 4 is 11.8 Å². The third-order valence-electron chi connectivity index (χ3n) is 3.87. The van der Waals surface area contributed by atoms with Gasteiger partial charge in [-0.2, -0.15) is 0 Å². The van der Waals surface area contributed by atoms with Crippen LogP contribution in [0, 0.1) is 0 Å². The molecule has 2 heteroatoms. The summed E-state index contributed by atoms with van der Waals surface area (Å²) in [6.45, 7) is 2.42. The second-order valence-electron chi connectivity index (χ2n) is 5.83. The van der Waals surface area contributed by atoms with E-state index in [4.69, 9.17) is 5.11 Å². The minimum Gasteiger partial charge on any atom is -0.392 e. The molecule has 0 heterocycles. The molecule has 0 aliphatic carbocycles. The van der Waals surface area contributed by atoms with E-state index < -0.39 is 0 Å². The van der Waals surface area contributed by atoms with Crippen LogP contribution in [0.15, 0.2) is 29.2 Å². The quantitative estimate of drug-likeness (QED) is 0.346. The first kappa shape index (κ1) is 18.6. The molecule has 1 nitrogen and oxygen atoms in total. The zero-order valence-corrected chi connectivity index (χ0v) is 14.5. The molecule has 1 rings (SSSR count). The number of unbranched alkanes of at least 4 members (excludes halogenated alkanes) is 9. The van der Waals surface area contributed by atoms with E-state index in [0.29, 0.717) is 0 Å². The molecule has 0 amide bonds. The zero-order valence-electron chi connectivity index (χ0n) is 13.7. The summed E-state index contributed by atoms with van der Waals surface area (Å²) in [7, 11) is 0. The second kappa shape index (κ2) is 13.2. The lowest BCUT2D eigenvalue weighted by atomic mass is 10.1. The van der Waals surface area contributed by atoms with E-state index in [-0.39, 0.29) is 6.61 Å². The number of rotatable bonds is 13. The highest BCUT2D eigenvalue weighted by atomic mass is 32.2. The number of aliphatic hydroxyl groups excluding tert-OH is 1. The molecule has 1 N–H and O–H groups in total.